The average molecular weight is 326 g/mol. The maximum Gasteiger partial charge on any atom is 0.0389 e. The minimum Gasteiger partial charge on any atom is -0.366 e. The van der Waals surface area contributed by atoms with Gasteiger partial charge in [-0.25, -0.2) is 0 Å². The summed E-state index contributed by atoms with van der Waals surface area (Å²) in [6.45, 7) is 5.62. The zero-order chi connectivity index (χ0) is 13.8. The molecule has 1 heterocycles. The van der Waals surface area contributed by atoms with Crippen molar-refractivity contribution in [1.82, 2.24) is 10.2 Å². The minimum absolute atomic E-state index is 0.560. The van der Waals surface area contributed by atoms with E-state index in [4.69, 9.17) is 0 Å². The van der Waals surface area contributed by atoms with Crippen LogP contribution in [0.2, 0.25) is 0 Å². The summed E-state index contributed by atoms with van der Waals surface area (Å²) in [7, 11) is 4.27. The molecule has 0 saturated carbocycles. The largest absolute Gasteiger partial charge is 0.366 e. The van der Waals surface area contributed by atoms with Gasteiger partial charge in [0.2, 0.25) is 0 Å². The molecule has 0 aromatic heterocycles. The maximum atomic E-state index is 3.57. The first kappa shape index (κ1) is 14.8. The van der Waals surface area contributed by atoms with Gasteiger partial charge in [-0.2, -0.15) is 0 Å². The number of anilines is 1. The Morgan fingerprint density at radius 2 is 2.16 bits per heavy atom. The van der Waals surface area contributed by atoms with E-state index in [1.807, 2.05) is 7.05 Å². The summed E-state index contributed by atoms with van der Waals surface area (Å²) < 4.78 is 1.16. The predicted octanol–water partition coefficient (Wildman–Crippen LogP) is 2.57. The molecule has 1 aliphatic heterocycles. The highest BCUT2D eigenvalue weighted by Crippen LogP contribution is 2.26. The normalized spacial score (nSPS) is 24.7. The SMILES string of the molecule is CNCCC1CN(c2cccc(Br)c2)C(C)CN1C. The number of hydrogen-bond donors (Lipinski definition) is 1. The number of piperazine rings is 1. The van der Waals surface area contributed by atoms with E-state index in [2.05, 4.69) is 69.3 Å². The zero-order valence-electron chi connectivity index (χ0n) is 12.1. The van der Waals surface area contributed by atoms with Crippen molar-refractivity contribution >= 4 is 21.6 Å². The summed E-state index contributed by atoms with van der Waals surface area (Å²) >= 11 is 3.57. The van der Waals surface area contributed by atoms with Crippen LogP contribution in [0.1, 0.15) is 13.3 Å². The van der Waals surface area contributed by atoms with Gasteiger partial charge in [0, 0.05) is 35.3 Å². The lowest BCUT2D eigenvalue weighted by Gasteiger charge is -2.45. The van der Waals surface area contributed by atoms with Crippen LogP contribution in [0.5, 0.6) is 0 Å². The van der Waals surface area contributed by atoms with E-state index in [1.54, 1.807) is 0 Å². The second kappa shape index (κ2) is 6.73. The minimum atomic E-state index is 0.560. The quantitative estimate of drug-likeness (QED) is 0.917. The second-order valence-corrected chi connectivity index (χ2v) is 6.38. The number of rotatable bonds is 4. The Hall–Kier alpha value is -0.580. The topological polar surface area (TPSA) is 18.5 Å². The Morgan fingerprint density at radius 1 is 1.37 bits per heavy atom. The second-order valence-electron chi connectivity index (χ2n) is 5.47. The summed E-state index contributed by atoms with van der Waals surface area (Å²) in [5.74, 6) is 0. The first-order valence-electron chi connectivity index (χ1n) is 6.99. The van der Waals surface area contributed by atoms with Crippen LogP contribution in [0, 0.1) is 0 Å². The highest BCUT2D eigenvalue weighted by atomic mass is 79.9. The van der Waals surface area contributed by atoms with Crippen LogP contribution in [0.4, 0.5) is 5.69 Å². The molecule has 1 N–H and O–H groups in total. The lowest BCUT2D eigenvalue weighted by Crippen LogP contribution is -2.56. The first-order chi connectivity index (χ1) is 9.11. The Labute approximate surface area is 125 Å². The van der Waals surface area contributed by atoms with Crippen LogP contribution in [-0.2, 0) is 0 Å². The molecule has 1 aliphatic rings. The van der Waals surface area contributed by atoms with Crippen LogP contribution in [0.15, 0.2) is 28.7 Å². The van der Waals surface area contributed by atoms with E-state index >= 15 is 0 Å². The van der Waals surface area contributed by atoms with E-state index in [0.717, 1.165) is 24.1 Å². The molecule has 106 valence electrons. The number of likely N-dealkylation sites (N-methyl/N-ethyl adjacent to an activating group) is 1. The molecule has 1 saturated heterocycles. The molecular formula is C15H24BrN3. The third kappa shape index (κ3) is 3.71. The van der Waals surface area contributed by atoms with Gasteiger partial charge in [-0.1, -0.05) is 22.0 Å². The van der Waals surface area contributed by atoms with E-state index in [9.17, 15) is 0 Å². The molecule has 0 bridgehead atoms. The molecule has 1 fully saturated rings. The van der Waals surface area contributed by atoms with E-state index in [0.29, 0.717) is 12.1 Å². The van der Waals surface area contributed by atoms with Gasteiger partial charge in [0.15, 0.2) is 0 Å². The number of benzene rings is 1. The molecule has 1 aromatic rings. The fourth-order valence-corrected chi connectivity index (χ4v) is 3.24. The smallest absolute Gasteiger partial charge is 0.0389 e. The molecule has 19 heavy (non-hydrogen) atoms. The Morgan fingerprint density at radius 3 is 2.84 bits per heavy atom. The zero-order valence-corrected chi connectivity index (χ0v) is 13.7. The van der Waals surface area contributed by atoms with Gasteiger partial charge < -0.3 is 10.2 Å². The van der Waals surface area contributed by atoms with Crippen LogP contribution < -0.4 is 10.2 Å². The van der Waals surface area contributed by atoms with Crippen molar-refractivity contribution in [2.75, 3.05) is 38.6 Å². The van der Waals surface area contributed by atoms with Crippen molar-refractivity contribution in [1.29, 1.82) is 0 Å². The fourth-order valence-electron chi connectivity index (χ4n) is 2.85. The molecule has 2 atom stereocenters. The summed E-state index contributed by atoms with van der Waals surface area (Å²) in [5.41, 5.74) is 1.32. The van der Waals surface area contributed by atoms with Gasteiger partial charge in [0.1, 0.15) is 0 Å². The highest BCUT2D eigenvalue weighted by Gasteiger charge is 2.29. The van der Waals surface area contributed by atoms with Crippen molar-refractivity contribution in [3.63, 3.8) is 0 Å². The van der Waals surface area contributed by atoms with Gasteiger partial charge in [-0.15, -0.1) is 0 Å². The standard InChI is InChI=1S/C15H24BrN3/c1-12-10-18(3)15(7-8-17-2)11-19(12)14-6-4-5-13(16)9-14/h4-6,9,12,15,17H,7-8,10-11H2,1-3H3. The predicted molar refractivity (Wildman–Crippen MR) is 85.9 cm³/mol. The number of nitrogens with zero attached hydrogens (tertiary/aromatic N) is 2. The molecule has 0 amide bonds. The van der Waals surface area contributed by atoms with Crippen molar-refractivity contribution < 1.29 is 0 Å². The summed E-state index contributed by atoms with van der Waals surface area (Å²) in [6, 6.07) is 9.82. The molecule has 0 aliphatic carbocycles. The number of hydrogen-bond acceptors (Lipinski definition) is 3. The van der Waals surface area contributed by atoms with Crippen LogP contribution in [-0.4, -0.2) is 50.7 Å². The molecular weight excluding hydrogens is 302 g/mol. The number of halogens is 1. The van der Waals surface area contributed by atoms with Gasteiger partial charge in [0.25, 0.3) is 0 Å². The molecule has 2 unspecified atom stereocenters. The van der Waals surface area contributed by atoms with Crippen molar-refractivity contribution in [2.24, 2.45) is 0 Å². The number of nitrogens with one attached hydrogen (secondary N) is 1. The van der Waals surface area contributed by atoms with Gasteiger partial charge >= 0.3 is 0 Å². The van der Waals surface area contributed by atoms with Gasteiger partial charge in [-0.3, -0.25) is 4.90 Å². The van der Waals surface area contributed by atoms with Crippen molar-refractivity contribution in [3.8, 4) is 0 Å². The van der Waals surface area contributed by atoms with Crippen LogP contribution >= 0.6 is 15.9 Å². The van der Waals surface area contributed by atoms with E-state index < -0.39 is 0 Å². The highest BCUT2D eigenvalue weighted by molar-refractivity contribution is 9.10. The van der Waals surface area contributed by atoms with Crippen molar-refractivity contribution in [3.05, 3.63) is 28.7 Å². The Balaban J connectivity index is 2.11. The van der Waals surface area contributed by atoms with Gasteiger partial charge in [-0.05, 0) is 52.2 Å². The monoisotopic (exact) mass is 325 g/mol. The lowest BCUT2D eigenvalue weighted by molar-refractivity contribution is 0.183. The fraction of sp³-hybridized carbons (Fsp3) is 0.600. The van der Waals surface area contributed by atoms with E-state index in [1.165, 1.54) is 12.1 Å². The molecule has 4 heteroatoms. The molecule has 0 radical (unpaired) electrons. The van der Waals surface area contributed by atoms with Gasteiger partial charge in [0.05, 0.1) is 0 Å². The summed E-state index contributed by atoms with van der Waals surface area (Å²) in [5, 5.41) is 3.26. The molecule has 1 aromatic carbocycles. The first-order valence-corrected chi connectivity index (χ1v) is 7.78. The molecule has 3 nitrogen and oxygen atoms in total. The Kier molecular flexibility index (Phi) is 5.25. The van der Waals surface area contributed by atoms with Crippen molar-refractivity contribution in [2.45, 2.75) is 25.4 Å². The lowest BCUT2D eigenvalue weighted by atomic mass is 10.0. The summed E-state index contributed by atoms with van der Waals surface area (Å²) in [6.07, 6.45) is 1.20. The maximum absolute atomic E-state index is 3.57. The average Bonchev–Trinajstić information content (AvgIpc) is 2.38. The van der Waals surface area contributed by atoms with Crippen LogP contribution in [0.3, 0.4) is 0 Å². The third-order valence-electron chi connectivity index (χ3n) is 3.98. The third-order valence-corrected chi connectivity index (χ3v) is 4.48. The van der Waals surface area contributed by atoms with Crippen LogP contribution in [0.25, 0.3) is 0 Å². The Bertz CT molecular complexity index is 410. The summed E-state index contributed by atoms with van der Waals surface area (Å²) in [4.78, 5) is 5.03. The molecule has 0 spiro atoms. The molecule has 2 rings (SSSR count). The van der Waals surface area contributed by atoms with E-state index in [-0.39, 0.29) is 0 Å².